The lowest BCUT2D eigenvalue weighted by Crippen LogP contribution is -2.42. The number of pyridine rings is 1. The normalized spacial score (nSPS) is 18.0. The highest BCUT2D eigenvalue weighted by Gasteiger charge is 2.25. The third-order valence-electron chi connectivity index (χ3n) is 3.48. The van der Waals surface area contributed by atoms with Gasteiger partial charge in [0.1, 0.15) is 0 Å². The van der Waals surface area contributed by atoms with E-state index < -0.39 is 0 Å². The van der Waals surface area contributed by atoms with Crippen LogP contribution < -0.4 is 5.73 Å². The van der Waals surface area contributed by atoms with Gasteiger partial charge in [-0.15, -0.1) is 12.4 Å². The van der Waals surface area contributed by atoms with Crippen molar-refractivity contribution in [3.63, 3.8) is 0 Å². The molecule has 0 aromatic carbocycles. The van der Waals surface area contributed by atoms with Gasteiger partial charge < -0.3 is 10.6 Å². The Balaban J connectivity index is 0.00000162. The van der Waals surface area contributed by atoms with Gasteiger partial charge in [-0.3, -0.25) is 9.78 Å². The number of rotatable bonds is 2. The molecule has 1 atom stereocenters. The van der Waals surface area contributed by atoms with Crippen molar-refractivity contribution in [1.82, 2.24) is 9.88 Å². The van der Waals surface area contributed by atoms with Crippen molar-refractivity contribution in [3.05, 3.63) is 30.1 Å². The first kappa shape index (κ1) is 14.9. The minimum absolute atomic E-state index is 0. The number of halogens is 1. The molecular formula is C13H20ClN3O. The molecule has 1 aliphatic heterocycles. The topological polar surface area (TPSA) is 59.2 Å². The van der Waals surface area contributed by atoms with Crippen molar-refractivity contribution in [2.45, 2.75) is 25.8 Å². The van der Waals surface area contributed by atoms with E-state index in [-0.39, 0.29) is 24.4 Å². The molecule has 1 fully saturated rings. The van der Waals surface area contributed by atoms with Crippen LogP contribution in [-0.4, -0.2) is 34.9 Å². The lowest BCUT2D eigenvalue weighted by atomic mass is 9.91. The van der Waals surface area contributed by atoms with Gasteiger partial charge in [-0.1, -0.05) is 0 Å². The van der Waals surface area contributed by atoms with Gasteiger partial charge in [0.2, 0.25) is 0 Å². The number of carbonyl (C=O) groups excluding carboxylic acids is 1. The zero-order valence-corrected chi connectivity index (χ0v) is 11.4. The van der Waals surface area contributed by atoms with Crippen LogP contribution in [0, 0.1) is 5.92 Å². The molecule has 2 rings (SSSR count). The number of nitrogens with two attached hydrogens (primary N) is 1. The average Bonchev–Trinajstić information content (AvgIpc) is 2.39. The summed E-state index contributed by atoms with van der Waals surface area (Å²) in [5.74, 6) is 0.633. The van der Waals surface area contributed by atoms with Crippen LogP contribution in [0.1, 0.15) is 30.1 Å². The predicted molar refractivity (Wildman–Crippen MR) is 73.8 cm³/mol. The Morgan fingerprint density at radius 1 is 1.50 bits per heavy atom. The SMILES string of the molecule is CC(N)C1CCN(C(=O)c2cccnc2)CC1.Cl. The highest BCUT2D eigenvalue weighted by molar-refractivity contribution is 5.93. The molecule has 1 aromatic heterocycles. The molecule has 100 valence electrons. The maximum Gasteiger partial charge on any atom is 0.255 e. The van der Waals surface area contributed by atoms with Crippen molar-refractivity contribution < 1.29 is 4.79 Å². The highest BCUT2D eigenvalue weighted by atomic mass is 35.5. The van der Waals surface area contributed by atoms with E-state index in [0.29, 0.717) is 11.5 Å². The molecule has 18 heavy (non-hydrogen) atoms. The van der Waals surface area contributed by atoms with E-state index in [1.807, 2.05) is 17.9 Å². The second-order valence-corrected chi connectivity index (χ2v) is 4.73. The Morgan fingerprint density at radius 2 is 2.17 bits per heavy atom. The fourth-order valence-corrected chi connectivity index (χ4v) is 2.30. The van der Waals surface area contributed by atoms with E-state index in [0.717, 1.165) is 25.9 Å². The van der Waals surface area contributed by atoms with Crippen LogP contribution in [0.25, 0.3) is 0 Å². The molecular weight excluding hydrogens is 250 g/mol. The van der Waals surface area contributed by atoms with Gasteiger partial charge >= 0.3 is 0 Å². The first-order valence-electron chi connectivity index (χ1n) is 6.13. The largest absolute Gasteiger partial charge is 0.339 e. The van der Waals surface area contributed by atoms with Crippen molar-refractivity contribution in [2.24, 2.45) is 11.7 Å². The number of amides is 1. The van der Waals surface area contributed by atoms with E-state index in [1.54, 1.807) is 18.5 Å². The molecule has 1 aromatic rings. The molecule has 0 radical (unpaired) electrons. The van der Waals surface area contributed by atoms with Crippen LogP contribution in [0.2, 0.25) is 0 Å². The summed E-state index contributed by atoms with van der Waals surface area (Å²) in [6.07, 6.45) is 5.31. The van der Waals surface area contributed by atoms with Gasteiger partial charge in [-0.2, -0.15) is 0 Å². The molecule has 2 N–H and O–H groups in total. The smallest absolute Gasteiger partial charge is 0.255 e. The van der Waals surface area contributed by atoms with Crippen LogP contribution in [0.4, 0.5) is 0 Å². The molecule has 1 unspecified atom stereocenters. The van der Waals surface area contributed by atoms with Gasteiger partial charge in [0, 0.05) is 31.5 Å². The summed E-state index contributed by atoms with van der Waals surface area (Å²) in [5, 5.41) is 0. The van der Waals surface area contributed by atoms with E-state index >= 15 is 0 Å². The molecule has 1 aliphatic rings. The summed E-state index contributed by atoms with van der Waals surface area (Å²) >= 11 is 0. The summed E-state index contributed by atoms with van der Waals surface area (Å²) in [5.41, 5.74) is 6.56. The zero-order chi connectivity index (χ0) is 12.3. The number of carbonyl (C=O) groups is 1. The first-order valence-corrected chi connectivity index (χ1v) is 6.13. The molecule has 1 saturated heterocycles. The number of hydrogen-bond acceptors (Lipinski definition) is 3. The lowest BCUT2D eigenvalue weighted by molar-refractivity contribution is 0.0680. The number of nitrogens with zero attached hydrogens (tertiary/aromatic N) is 2. The Morgan fingerprint density at radius 3 is 2.67 bits per heavy atom. The third-order valence-corrected chi connectivity index (χ3v) is 3.48. The maximum atomic E-state index is 12.1. The summed E-state index contributed by atoms with van der Waals surface area (Å²) in [4.78, 5) is 18.0. The molecule has 0 spiro atoms. The third kappa shape index (κ3) is 3.43. The predicted octanol–water partition coefficient (Wildman–Crippen LogP) is 1.70. The van der Waals surface area contributed by atoms with Crippen molar-refractivity contribution in [1.29, 1.82) is 0 Å². The number of aromatic nitrogens is 1. The monoisotopic (exact) mass is 269 g/mol. The number of hydrogen-bond donors (Lipinski definition) is 1. The van der Waals surface area contributed by atoms with Crippen LogP contribution in [0.5, 0.6) is 0 Å². The molecule has 0 bridgehead atoms. The van der Waals surface area contributed by atoms with E-state index in [9.17, 15) is 4.79 Å². The molecule has 0 aliphatic carbocycles. The minimum atomic E-state index is 0. The Bertz CT molecular complexity index is 375. The van der Waals surface area contributed by atoms with Gasteiger partial charge in [-0.05, 0) is 37.8 Å². The fraction of sp³-hybridized carbons (Fsp3) is 0.538. The number of piperidine rings is 1. The average molecular weight is 270 g/mol. The second-order valence-electron chi connectivity index (χ2n) is 4.73. The molecule has 5 heteroatoms. The minimum Gasteiger partial charge on any atom is -0.339 e. The molecule has 1 amide bonds. The maximum absolute atomic E-state index is 12.1. The Hall–Kier alpha value is -1.13. The van der Waals surface area contributed by atoms with Crippen molar-refractivity contribution in [2.75, 3.05) is 13.1 Å². The van der Waals surface area contributed by atoms with Gasteiger partial charge in [0.25, 0.3) is 5.91 Å². The molecule has 2 heterocycles. The van der Waals surface area contributed by atoms with Gasteiger partial charge in [0.05, 0.1) is 5.56 Å². The van der Waals surface area contributed by atoms with Crippen molar-refractivity contribution >= 4 is 18.3 Å². The van der Waals surface area contributed by atoms with Crippen molar-refractivity contribution in [3.8, 4) is 0 Å². The quantitative estimate of drug-likeness (QED) is 0.889. The fourth-order valence-electron chi connectivity index (χ4n) is 2.30. The highest BCUT2D eigenvalue weighted by Crippen LogP contribution is 2.20. The summed E-state index contributed by atoms with van der Waals surface area (Å²) in [6.45, 7) is 3.66. The zero-order valence-electron chi connectivity index (χ0n) is 10.6. The first-order chi connectivity index (χ1) is 8.18. The summed E-state index contributed by atoms with van der Waals surface area (Å²) < 4.78 is 0. The van der Waals surface area contributed by atoms with Crippen LogP contribution in [0.3, 0.4) is 0 Å². The van der Waals surface area contributed by atoms with Gasteiger partial charge in [-0.25, -0.2) is 0 Å². The molecule has 0 saturated carbocycles. The van der Waals surface area contributed by atoms with E-state index in [2.05, 4.69) is 4.98 Å². The lowest BCUT2D eigenvalue weighted by Gasteiger charge is -2.33. The van der Waals surface area contributed by atoms with Crippen LogP contribution in [-0.2, 0) is 0 Å². The summed E-state index contributed by atoms with van der Waals surface area (Å²) in [7, 11) is 0. The molecule has 4 nitrogen and oxygen atoms in total. The Kier molecular flexibility index (Phi) is 5.56. The van der Waals surface area contributed by atoms with Gasteiger partial charge in [0.15, 0.2) is 0 Å². The Labute approximate surface area is 114 Å². The van der Waals surface area contributed by atoms with Crippen LogP contribution in [0.15, 0.2) is 24.5 Å². The van der Waals surface area contributed by atoms with E-state index in [4.69, 9.17) is 5.73 Å². The second kappa shape index (κ2) is 6.71. The van der Waals surface area contributed by atoms with E-state index in [1.165, 1.54) is 0 Å². The number of likely N-dealkylation sites (tertiary alicyclic amines) is 1. The van der Waals surface area contributed by atoms with Crippen LogP contribution >= 0.6 is 12.4 Å². The summed E-state index contributed by atoms with van der Waals surface area (Å²) in [6, 6.07) is 3.83. The standard InChI is InChI=1S/C13H19N3O.ClH/c1-10(14)11-4-7-16(8-5-11)13(17)12-3-2-6-15-9-12;/h2-3,6,9-11H,4-5,7-8,14H2,1H3;1H.